The van der Waals surface area contributed by atoms with Gasteiger partial charge in [0.25, 0.3) is 0 Å². The van der Waals surface area contributed by atoms with Crippen LogP contribution in [0, 0.1) is 6.92 Å². The molecule has 3 aromatic carbocycles. The summed E-state index contributed by atoms with van der Waals surface area (Å²) in [5.41, 5.74) is 2.84. The van der Waals surface area contributed by atoms with Gasteiger partial charge in [0, 0.05) is 0 Å². The Morgan fingerprint density at radius 3 is 2.03 bits per heavy atom. The van der Waals surface area contributed by atoms with Crippen LogP contribution in [0.1, 0.15) is 26.3 Å². The highest BCUT2D eigenvalue weighted by Crippen LogP contribution is 2.49. The number of benzene rings is 3. The van der Waals surface area contributed by atoms with Gasteiger partial charge in [-0.15, -0.1) is 0 Å². The third-order valence-electron chi connectivity index (χ3n) is 4.42. The molecule has 0 amide bonds. The van der Waals surface area contributed by atoms with Crippen molar-refractivity contribution < 1.29 is 14.2 Å². The molecule has 0 saturated heterocycles. The van der Waals surface area contributed by atoms with Gasteiger partial charge in [-0.1, -0.05) is 60.7 Å². The van der Waals surface area contributed by atoms with Crippen molar-refractivity contribution in [3.05, 3.63) is 91.1 Å². The summed E-state index contributed by atoms with van der Waals surface area (Å²) in [5, 5.41) is 2.27. The van der Waals surface area contributed by atoms with Gasteiger partial charge in [-0.05, 0) is 55.7 Å². The number of rotatable bonds is 7. The maximum atomic E-state index is 6.05. The fourth-order valence-corrected chi connectivity index (χ4v) is 3.21. The lowest BCUT2D eigenvalue weighted by atomic mass is 9.94. The van der Waals surface area contributed by atoms with Crippen molar-refractivity contribution in [2.75, 3.05) is 0 Å². The van der Waals surface area contributed by atoms with Crippen LogP contribution in [-0.2, 0) is 0 Å². The molecule has 148 valence electrons. The molecule has 0 unspecified atom stereocenters. The monoisotopic (exact) mass is 386 g/mol. The first-order chi connectivity index (χ1) is 14.2. The van der Waals surface area contributed by atoms with E-state index >= 15 is 0 Å². The van der Waals surface area contributed by atoms with E-state index in [2.05, 4.69) is 24.3 Å². The predicted molar refractivity (Wildman–Crippen MR) is 120 cm³/mol. The second-order valence-electron chi connectivity index (χ2n) is 6.51. The highest BCUT2D eigenvalue weighted by Gasteiger charge is 2.22. The first-order valence-corrected chi connectivity index (χ1v) is 9.70. The summed E-state index contributed by atoms with van der Waals surface area (Å²) in [6.45, 7) is 7.76. The molecule has 0 aliphatic carbocycles. The SMILES string of the molecule is CC=COc1cc(C)c(OC=CC)c(-c2cccc3ccccc23)c1OC=CC. The Bertz CT molecular complexity index is 1070. The van der Waals surface area contributed by atoms with Crippen molar-refractivity contribution in [1.82, 2.24) is 0 Å². The molecular weight excluding hydrogens is 360 g/mol. The third-order valence-corrected chi connectivity index (χ3v) is 4.42. The highest BCUT2D eigenvalue weighted by molar-refractivity contribution is 6.00. The molecule has 0 radical (unpaired) electrons. The van der Waals surface area contributed by atoms with Gasteiger partial charge in [0.2, 0.25) is 0 Å². The van der Waals surface area contributed by atoms with Crippen LogP contribution in [0.15, 0.2) is 85.5 Å². The normalized spacial score (nSPS) is 11.7. The zero-order valence-electron chi connectivity index (χ0n) is 17.3. The van der Waals surface area contributed by atoms with Gasteiger partial charge < -0.3 is 14.2 Å². The van der Waals surface area contributed by atoms with Crippen molar-refractivity contribution in [2.45, 2.75) is 27.7 Å². The minimum atomic E-state index is 0.614. The Morgan fingerprint density at radius 2 is 1.31 bits per heavy atom. The van der Waals surface area contributed by atoms with E-state index < -0.39 is 0 Å². The van der Waals surface area contributed by atoms with Crippen molar-refractivity contribution in [3.63, 3.8) is 0 Å². The number of ether oxygens (including phenoxy) is 3. The van der Waals surface area contributed by atoms with E-state index in [-0.39, 0.29) is 0 Å². The van der Waals surface area contributed by atoms with Gasteiger partial charge >= 0.3 is 0 Å². The maximum Gasteiger partial charge on any atom is 0.180 e. The van der Waals surface area contributed by atoms with Gasteiger partial charge in [0.05, 0.1) is 24.3 Å². The van der Waals surface area contributed by atoms with E-state index in [9.17, 15) is 0 Å². The molecule has 3 rings (SSSR count). The molecular formula is C26H26O3. The van der Waals surface area contributed by atoms with Crippen molar-refractivity contribution in [3.8, 4) is 28.4 Å². The lowest BCUT2D eigenvalue weighted by molar-refractivity contribution is 0.410. The summed E-state index contributed by atoms with van der Waals surface area (Å²) in [5.74, 6) is 1.99. The van der Waals surface area contributed by atoms with Crippen LogP contribution in [0.25, 0.3) is 21.9 Å². The fourth-order valence-electron chi connectivity index (χ4n) is 3.21. The first-order valence-electron chi connectivity index (χ1n) is 9.70. The van der Waals surface area contributed by atoms with Crippen LogP contribution < -0.4 is 14.2 Å². The fraction of sp³-hybridized carbons (Fsp3) is 0.154. The number of allylic oxidation sites excluding steroid dienone is 3. The van der Waals surface area contributed by atoms with E-state index in [1.165, 1.54) is 0 Å². The maximum absolute atomic E-state index is 6.05. The summed E-state index contributed by atoms with van der Waals surface area (Å²) in [7, 11) is 0. The van der Waals surface area contributed by atoms with E-state index in [4.69, 9.17) is 14.2 Å². The van der Waals surface area contributed by atoms with Gasteiger partial charge in [-0.25, -0.2) is 0 Å². The predicted octanol–water partition coefficient (Wildman–Crippen LogP) is 7.55. The summed E-state index contributed by atoms with van der Waals surface area (Å²) in [6.07, 6.45) is 10.5. The summed E-state index contributed by atoms with van der Waals surface area (Å²) >= 11 is 0. The quantitative estimate of drug-likeness (QED) is 0.392. The number of fused-ring (bicyclic) bond motifs is 1. The first kappa shape index (κ1) is 20.3. The average molecular weight is 386 g/mol. The number of hydrogen-bond acceptors (Lipinski definition) is 3. The molecule has 0 bridgehead atoms. The highest BCUT2D eigenvalue weighted by atomic mass is 16.5. The van der Waals surface area contributed by atoms with E-state index in [1.54, 1.807) is 18.8 Å². The Labute approximate surface area is 172 Å². The molecule has 3 heteroatoms. The smallest absolute Gasteiger partial charge is 0.180 e. The summed E-state index contributed by atoms with van der Waals surface area (Å²) < 4.78 is 18.0. The van der Waals surface area contributed by atoms with Gasteiger partial charge in [0.15, 0.2) is 11.5 Å². The topological polar surface area (TPSA) is 27.7 Å². The number of aryl methyl sites for hydroxylation is 1. The molecule has 29 heavy (non-hydrogen) atoms. The number of hydrogen-bond donors (Lipinski definition) is 0. The minimum absolute atomic E-state index is 0.614. The van der Waals surface area contributed by atoms with Gasteiger partial charge in [-0.3, -0.25) is 0 Å². The Kier molecular flexibility index (Phi) is 6.75. The van der Waals surface area contributed by atoms with Crippen LogP contribution in [0.3, 0.4) is 0 Å². The van der Waals surface area contributed by atoms with Crippen LogP contribution in [0.4, 0.5) is 0 Å². The zero-order chi connectivity index (χ0) is 20.6. The van der Waals surface area contributed by atoms with Crippen LogP contribution in [0.2, 0.25) is 0 Å². The molecule has 0 heterocycles. The lowest BCUT2D eigenvalue weighted by Crippen LogP contribution is -1.99. The van der Waals surface area contributed by atoms with Crippen molar-refractivity contribution >= 4 is 10.8 Å². The van der Waals surface area contributed by atoms with E-state index in [1.807, 2.05) is 70.2 Å². The second-order valence-corrected chi connectivity index (χ2v) is 6.51. The molecule has 3 nitrogen and oxygen atoms in total. The van der Waals surface area contributed by atoms with Crippen LogP contribution >= 0.6 is 0 Å². The standard InChI is InChI=1S/C26H26O3/c1-5-15-27-23-18-19(4)25(28-16-6-2)24(26(23)29-17-7-3)22-14-10-12-20-11-8-9-13-21(20)22/h5-18H,1-4H3. The summed E-state index contributed by atoms with van der Waals surface area (Å²) in [6, 6.07) is 16.5. The second kappa shape index (κ2) is 9.65. The van der Waals surface area contributed by atoms with Gasteiger partial charge in [0.1, 0.15) is 5.75 Å². The molecule has 0 fully saturated rings. The van der Waals surface area contributed by atoms with Gasteiger partial charge in [-0.2, -0.15) is 0 Å². The molecule has 0 saturated carbocycles. The zero-order valence-corrected chi connectivity index (χ0v) is 17.3. The van der Waals surface area contributed by atoms with Crippen molar-refractivity contribution in [1.29, 1.82) is 0 Å². The Balaban J connectivity index is 2.40. The molecule has 0 aliphatic heterocycles. The minimum Gasteiger partial charge on any atom is -0.464 e. The van der Waals surface area contributed by atoms with Crippen molar-refractivity contribution in [2.24, 2.45) is 0 Å². The molecule has 0 spiro atoms. The molecule has 0 aliphatic rings. The molecule has 0 atom stereocenters. The lowest BCUT2D eigenvalue weighted by Gasteiger charge is -2.20. The van der Waals surface area contributed by atoms with E-state index in [0.717, 1.165) is 33.2 Å². The molecule has 3 aromatic rings. The van der Waals surface area contributed by atoms with Crippen LogP contribution in [-0.4, -0.2) is 0 Å². The average Bonchev–Trinajstić information content (AvgIpc) is 2.75. The molecule has 0 N–H and O–H groups in total. The molecule has 0 aromatic heterocycles. The Hall–Kier alpha value is -3.46. The third kappa shape index (κ3) is 4.35. The van der Waals surface area contributed by atoms with Crippen LogP contribution in [0.5, 0.6) is 17.2 Å². The summed E-state index contributed by atoms with van der Waals surface area (Å²) in [4.78, 5) is 0. The van der Waals surface area contributed by atoms with E-state index in [0.29, 0.717) is 11.5 Å². The Morgan fingerprint density at radius 1 is 0.690 bits per heavy atom. The largest absolute Gasteiger partial charge is 0.464 e.